The van der Waals surface area contributed by atoms with Gasteiger partial charge in [0, 0.05) is 12.5 Å². The standard InChI is InChI=1S/C13H19NO2/c1-5-10-6-9-14(13(10)7-8-13)11(15)16-12(2,3)4/h1,10H,6-9H2,2-4H3. The van der Waals surface area contributed by atoms with Crippen LogP contribution in [0.2, 0.25) is 0 Å². The zero-order valence-electron chi connectivity index (χ0n) is 10.2. The van der Waals surface area contributed by atoms with E-state index in [1.165, 1.54) is 0 Å². The highest BCUT2D eigenvalue weighted by Gasteiger charge is 2.59. The van der Waals surface area contributed by atoms with Crippen molar-refractivity contribution >= 4 is 6.09 Å². The first-order valence-electron chi connectivity index (χ1n) is 5.86. The molecule has 1 atom stereocenters. The van der Waals surface area contributed by atoms with Crippen LogP contribution in [0.4, 0.5) is 4.79 Å². The number of rotatable bonds is 0. The van der Waals surface area contributed by atoms with Crippen LogP contribution in [0, 0.1) is 18.3 Å². The van der Waals surface area contributed by atoms with Crippen molar-refractivity contribution in [1.29, 1.82) is 0 Å². The van der Waals surface area contributed by atoms with Crippen LogP contribution in [0.3, 0.4) is 0 Å². The van der Waals surface area contributed by atoms with Gasteiger partial charge in [-0.25, -0.2) is 4.79 Å². The molecule has 1 unspecified atom stereocenters. The van der Waals surface area contributed by atoms with Crippen molar-refractivity contribution in [1.82, 2.24) is 4.90 Å². The predicted molar refractivity (Wildman–Crippen MR) is 61.8 cm³/mol. The van der Waals surface area contributed by atoms with Crippen LogP contribution in [0.15, 0.2) is 0 Å². The molecular weight excluding hydrogens is 202 g/mol. The Labute approximate surface area is 97.1 Å². The molecule has 0 aromatic carbocycles. The topological polar surface area (TPSA) is 29.5 Å². The van der Waals surface area contributed by atoms with Crippen molar-refractivity contribution in [2.45, 2.75) is 51.2 Å². The van der Waals surface area contributed by atoms with E-state index in [9.17, 15) is 4.79 Å². The molecule has 0 bridgehead atoms. The van der Waals surface area contributed by atoms with Crippen LogP contribution in [-0.2, 0) is 4.74 Å². The van der Waals surface area contributed by atoms with E-state index in [1.807, 2.05) is 25.7 Å². The Morgan fingerprint density at radius 3 is 2.56 bits per heavy atom. The fraction of sp³-hybridized carbons (Fsp3) is 0.769. The Balaban J connectivity index is 2.07. The van der Waals surface area contributed by atoms with Crippen molar-refractivity contribution in [3.63, 3.8) is 0 Å². The van der Waals surface area contributed by atoms with E-state index in [1.54, 1.807) is 0 Å². The third-order valence-corrected chi connectivity index (χ3v) is 3.40. The summed E-state index contributed by atoms with van der Waals surface area (Å²) in [4.78, 5) is 13.9. The quantitative estimate of drug-likeness (QED) is 0.588. The second-order valence-corrected chi connectivity index (χ2v) is 5.74. The first kappa shape index (κ1) is 11.3. The van der Waals surface area contributed by atoms with Gasteiger partial charge in [-0.2, -0.15) is 0 Å². The Bertz CT molecular complexity index is 344. The highest BCUT2D eigenvalue weighted by atomic mass is 16.6. The van der Waals surface area contributed by atoms with Gasteiger partial charge in [-0.1, -0.05) is 0 Å². The summed E-state index contributed by atoms with van der Waals surface area (Å²) >= 11 is 0. The highest BCUT2D eigenvalue weighted by molar-refractivity contribution is 5.70. The van der Waals surface area contributed by atoms with E-state index >= 15 is 0 Å². The van der Waals surface area contributed by atoms with E-state index < -0.39 is 5.60 Å². The van der Waals surface area contributed by atoms with Gasteiger partial charge in [0.2, 0.25) is 0 Å². The summed E-state index contributed by atoms with van der Waals surface area (Å²) in [7, 11) is 0. The number of likely N-dealkylation sites (tertiary alicyclic amines) is 1. The number of hydrogen-bond acceptors (Lipinski definition) is 2. The molecule has 1 amide bonds. The number of carbonyl (C=O) groups is 1. The van der Waals surface area contributed by atoms with Gasteiger partial charge < -0.3 is 9.64 Å². The average Bonchev–Trinajstić information content (AvgIpc) is 2.78. The molecule has 1 saturated carbocycles. The van der Waals surface area contributed by atoms with Crippen LogP contribution in [0.25, 0.3) is 0 Å². The molecule has 16 heavy (non-hydrogen) atoms. The lowest BCUT2D eigenvalue weighted by Gasteiger charge is -2.29. The van der Waals surface area contributed by atoms with Crippen LogP contribution < -0.4 is 0 Å². The molecule has 1 saturated heterocycles. The van der Waals surface area contributed by atoms with Crippen molar-refractivity contribution in [3.8, 4) is 12.3 Å². The van der Waals surface area contributed by atoms with Crippen LogP contribution in [0.5, 0.6) is 0 Å². The molecule has 1 aliphatic carbocycles. The third kappa shape index (κ3) is 1.77. The van der Waals surface area contributed by atoms with E-state index in [0.29, 0.717) is 0 Å². The van der Waals surface area contributed by atoms with Crippen molar-refractivity contribution in [2.75, 3.05) is 6.54 Å². The Morgan fingerprint density at radius 2 is 2.12 bits per heavy atom. The minimum absolute atomic E-state index is 0.0584. The molecule has 1 aliphatic heterocycles. The second-order valence-electron chi connectivity index (χ2n) is 5.74. The van der Waals surface area contributed by atoms with Gasteiger partial charge in [-0.3, -0.25) is 0 Å². The first-order chi connectivity index (χ1) is 7.39. The van der Waals surface area contributed by atoms with Crippen molar-refractivity contribution < 1.29 is 9.53 Å². The van der Waals surface area contributed by atoms with Crippen LogP contribution in [-0.4, -0.2) is 28.7 Å². The molecule has 0 radical (unpaired) electrons. The van der Waals surface area contributed by atoms with Gasteiger partial charge >= 0.3 is 6.09 Å². The monoisotopic (exact) mass is 221 g/mol. The molecule has 2 fully saturated rings. The Morgan fingerprint density at radius 1 is 1.50 bits per heavy atom. The van der Waals surface area contributed by atoms with E-state index in [2.05, 4.69) is 5.92 Å². The molecule has 2 aliphatic rings. The molecule has 1 heterocycles. The van der Waals surface area contributed by atoms with Gasteiger partial charge in [0.1, 0.15) is 5.60 Å². The van der Waals surface area contributed by atoms with Gasteiger partial charge in [0.15, 0.2) is 0 Å². The van der Waals surface area contributed by atoms with E-state index in [4.69, 9.17) is 11.2 Å². The Kier molecular flexibility index (Phi) is 2.41. The smallest absolute Gasteiger partial charge is 0.410 e. The fourth-order valence-electron chi connectivity index (χ4n) is 2.51. The van der Waals surface area contributed by atoms with Gasteiger partial charge in [-0.15, -0.1) is 12.3 Å². The molecule has 0 N–H and O–H groups in total. The molecule has 3 heteroatoms. The maximum absolute atomic E-state index is 12.0. The minimum atomic E-state index is -0.429. The normalized spacial score (nSPS) is 26.6. The molecule has 3 nitrogen and oxygen atoms in total. The van der Waals surface area contributed by atoms with Crippen molar-refractivity contribution in [2.24, 2.45) is 5.92 Å². The van der Waals surface area contributed by atoms with Gasteiger partial charge in [0.25, 0.3) is 0 Å². The lowest BCUT2D eigenvalue weighted by molar-refractivity contribution is 0.0191. The first-order valence-corrected chi connectivity index (χ1v) is 5.86. The maximum atomic E-state index is 12.0. The summed E-state index contributed by atoms with van der Waals surface area (Å²) in [6.45, 7) is 6.40. The molecule has 0 aromatic rings. The van der Waals surface area contributed by atoms with Gasteiger partial charge in [0.05, 0.1) is 5.54 Å². The number of amides is 1. The number of hydrogen-bond donors (Lipinski definition) is 0. The zero-order chi connectivity index (χ0) is 12.0. The average molecular weight is 221 g/mol. The molecular formula is C13H19NO2. The summed E-state index contributed by atoms with van der Waals surface area (Å²) in [5.41, 5.74) is -0.488. The summed E-state index contributed by atoms with van der Waals surface area (Å²) < 4.78 is 5.41. The van der Waals surface area contributed by atoms with Crippen LogP contribution >= 0.6 is 0 Å². The number of ether oxygens (including phenoxy) is 1. The predicted octanol–water partition coefficient (Wildman–Crippen LogP) is 2.41. The Hall–Kier alpha value is -1.17. The fourth-order valence-corrected chi connectivity index (χ4v) is 2.51. The van der Waals surface area contributed by atoms with Crippen molar-refractivity contribution in [3.05, 3.63) is 0 Å². The molecule has 2 rings (SSSR count). The van der Waals surface area contributed by atoms with Crippen LogP contribution in [0.1, 0.15) is 40.0 Å². The van der Waals surface area contributed by atoms with E-state index in [0.717, 1.165) is 25.8 Å². The number of nitrogens with zero attached hydrogens (tertiary/aromatic N) is 1. The van der Waals surface area contributed by atoms with E-state index in [-0.39, 0.29) is 17.6 Å². The minimum Gasteiger partial charge on any atom is -0.444 e. The summed E-state index contributed by atoms with van der Waals surface area (Å²) in [5, 5.41) is 0. The zero-order valence-corrected chi connectivity index (χ0v) is 10.2. The summed E-state index contributed by atoms with van der Waals surface area (Å²) in [5.74, 6) is 3.04. The largest absolute Gasteiger partial charge is 0.444 e. The molecule has 0 aromatic heterocycles. The third-order valence-electron chi connectivity index (χ3n) is 3.40. The molecule has 1 spiro atoms. The lowest BCUT2D eigenvalue weighted by atomic mass is 9.99. The number of terminal acetylenes is 1. The summed E-state index contributed by atoms with van der Waals surface area (Å²) in [6, 6.07) is 0. The highest BCUT2D eigenvalue weighted by Crippen LogP contribution is 2.53. The second kappa shape index (κ2) is 3.41. The van der Waals surface area contributed by atoms with Gasteiger partial charge in [-0.05, 0) is 40.0 Å². The molecule has 88 valence electrons. The SMILES string of the molecule is C#CC1CCN(C(=O)OC(C)(C)C)C12CC2. The number of carbonyl (C=O) groups excluding carboxylic acids is 1. The summed E-state index contributed by atoms with van der Waals surface area (Å²) in [6.07, 6.45) is 8.27. The maximum Gasteiger partial charge on any atom is 0.410 e. The lowest BCUT2D eigenvalue weighted by Crippen LogP contribution is -2.42.